The van der Waals surface area contributed by atoms with Crippen LogP contribution in [-0.4, -0.2) is 67.2 Å². The van der Waals surface area contributed by atoms with Crippen LogP contribution in [0, 0.1) is 0 Å². The zero-order valence-electron chi connectivity index (χ0n) is 12.4. The second-order valence-electron chi connectivity index (χ2n) is 5.70. The summed E-state index contributed by atoms with van der Waals surface area (Å²) >= 11 is 0. The van der Waals surface area contributed by atoms with Crippen LogP contribution in [0.3, 0.4) is 0 Å². The molecule has 0 aliphatic carbocycles. The van der Waals surface area contributed by atoms with Gasteiger partial charge < -0.3 is 19.1 Å². The standard InChI is InChI=1S/C14H28NO4/c1-4-6-15(7-5-14(17)18-9-8-15)10-13(16)11-19-12(2)3/h12-13,16H,4-11H2,1-3H3/q+1. The molecule has 0 aromatic carbocycles. The van der Waals surface area contributed by atoms with Crippen LogP contribution in [0.4, 0.5) is 0 Å². The van der Waals surface area contributed by atoms with Gasteiger partial charge in [0.2, 0.25) is 0 Å². The van der Waals surface area contributed by atoms with Crippen molar-refractivity contribution in [3.8, 4) is 0 Å². The number of carbonyl (C=O) groups is 1. The Hall–Kier alpha value is -0.650. The van der Waals surface area contributed by atoms with Crippen molar-refractivity contribution in [3.05, 3.63) is 0 Å². The molecular formula is C14H28NO4+. The molecule has 1 fully saturated rings. The SMILES string of the molecule is CCC[N+]1(CC(O)COC(C)C)CCOC(=O)CC1. The van der Waals surface area contributed by atoms with Crippen molar-refractivity contribution in [3.63, 3.8) is 0 Å². The van der Waals surface area contributed by atoms with Crippen molar-refractivity contribution in [1.29, 1.82) is 0 Å². The predicted octanol–water partition coefficient (Wildman–Crippen LogP) is 0.946. The van der Waals surface area contributed by atoms with E-state index in [0.29, 0.717) is 26.2 Å². The van der Waals surface area contributed by atoms with Gasteiger partial charge in [-0.05, 0) is 20.3 Å². The number of rotatable bonds is 7. The van der Waals surface area contributed by atoms with E-state index >= 15 is 0 Å². The molecule has 0 spiro atoms. The van der Waals surface area contributed by atoms with E-state index in [1.165, 1.54) is 0 Å². The molecule has 0 aromatic heterocycles. The molecule has 0 bridgehead atoms. The first-order valence-electron chi connectivity index (χ1n) is 7.28. The molecule has 1 heterocycles. The van der Waals surface area contributed by atoms with E-state index in [9.17, 15) is 9.90 Å². The van der Waals surface area contributed by atoms with Crippen LogP contribution in [0.2, 0.25) is 0 Å². The third-order valence-corrected chi connectivity index (χ3v) is 3.54. The lowest BCUT2D eigenvalue weighted by molar-refractivity contribution is -0.929. The fraction of sp³-hybridized carbons (Fsp3) is 0.929. The van der Waals surface area contributed by atoms with Gasteiger partial charge in [0.15, 0.2) is 0 Å². The minimum Gasteiger partial charge on any atom is -0.460 e. The summed E-state index contributed by atoms with van der Waals surface area (Å²) in [5, 5.41) is 10.1. The highest BCUT2D eigenvalue weighted by Crippen LogP contribution is 2.15. The predicted molar refractivity (Wildman–Crippen MR) is 72.7 cm³/mol. The Kier molecular flexibility index (Phi) is 6.75. The van der Waals surface area contributed by atoms with Crippen LogP contribution in [-0.2, 0) is 14.3 Å². The Morgan fingerprint density at radius 3 is 2.79 bits per heavy atom. The second-order valence-corrected chi connectivity index (χ2v) is 5.70. The Labute approximate surface area is 116 Å². The fourth-order valence-electron chi connectivity index (χ4n) is 2.64. The largest absolute Gasteiger partial charge is 0.460 e. The lowest BCUT2D eigenvalue weighted by atomic mass is 10.2. The van der Waals surface area contributed by atoms with Gasteiger partial charge in [-0.15, -0.1) is 0 Å². The maximum Gasteiger partial charge on any atom is 0.311 e. The van der Waals surface area contributed by atoms with Crippen molar-refractivity contribution >= 4 is 5.97 Å². The summed E-state index contributed by atoms with van der Waals surface area (Å²) in [4.78, 5) is 11.4. The van der Waals surface area contributed by atoms with Gasteiger partial charge in [-0.1, -0.05) is 6.92 Å². The maximum atomic E-state index is 11.4. The molecule has 0 saturated carbocycles. The monoisotopic (exact) mass is 274 g/mol. The maximum absolute atomic E-state index is 11.4. The van der Waals surface area contributed by atoms with Crippen LogP contribution in [0.1, 0.15) is 33.6 Å². The minimum atomic E-state index is -0.484. The van der Waals surface area contributed by atoms with Gasteiger partial charge in [0.1, 0.15) is 25.8 Å². The van der Waals surface area contributed by atoms with Crippen LogP contribution in [0.15, 0.2) is 0 Å². The normalized spacial score (nSPS) is 26.1. The average Bonchev–Trinajstić information content (AvgIpc) is 2.50. The van der Waals surface area contributed by atoms with E-state index < -0.39 is 6.10 Å². The summed E-state index contributed by atoms with van der Waals surface area (Å²) in [5.41, 5.74) is 0. The number of hydrogen-bond acceptors (Lipinski definition) is 4. The smallest absolute Gasteiger partial charge is 0.311 e. The van der Waals surface area contributed by atoms with Crippen LogP contribution < -0.4 is 0 Å². The van der Waals surface area contributed by atoms with Crippen molar-refractivity contribution in [2.75, 3.05) is 39.4 Å². The molecule has 1 rings (SSSR count). The van der Waals surface area contributed by atoms with Crippen LogP contribution >= 0.6 is 0 Å². The van der Waals surface area contributed by atoms with E-state index in [1.54, 1.807) is 0 Å². The summed E-state index contributed by atoms with van der Waals surface area (Å²) in [7, 11) is 0. The van der Waals surface area contributed by atoms with Gasteiger partial charge in [0.25, 0.3) is 0 Å². The Morgan fingerprint density at radius 2 is 2.16 bits per heavy atom. The first-order valence-corrected chi connectivity index (χ1v) is 7.28. The van der Waals surface area contributed by atoms with E-state index in [4.69, 9.17) is 9.47 Å². The van der Waals surface area contributed by atoms with Crippen molar-refractivity contribution < 1.29 is 23.9 Å². The van der Waals surface area contributed by atoms with Crippen molar-refractivity contribution in [1.82, 2.24) is 0 Å². The highest BCUT2D eigenvalue weighted by Gasteiger charge is 2.33. The molecule has 1 aliphatic rings. The zero-order valence-corrected chi connectivity index (χ0v) is 12.4. The summed E-state index contributed by atoms with van der Waals surface area (Å²) < 4.78 is 11.3. The molecule has 2 atom stereocenters. The summed E-state index contributed by atoms with van der Waals surface area (Å²) in [6.07, 6.45) is 1.12. The summed E-state index contributed by atoms with van der Waals surface area (Å²) in [6.45, 7) is 10.0. The molecular weight excluding hydrogens is 246 g/mol. The molecule has 1 saturated heterocycles. The van der Waals surface area contributed by atoms with Gasteiger partial charge >= 0.3 is 5.97 Å². The number of cyclic esters (lactones) is 1. The van der Waals surface area contributed by atoms with Crippen molar-refractivity contribution in [2.24, 2.45) is 0 Å². The third kappa shape index (κ3) is 5.89. The summed E-state index contributed by atoms with van der Waals surface area (Å²) in [5.74, 6) is -0.121. The average molecular weight is 274 g/mol. The Bertz CT molecular complexity index is 283. The number of quaternary nitrogens is 1. The van der Waals surface area contributed by atoms with Gasteiger partial charge in [-0.3, -0.25) is 4.79 Å². The number of aliphatic hydroxyl groups excluding tert-OH is 1. The van der Waals surface area contributed by atoms with E-state index in [1.807, 2.05) is 13.8 Å². The third-order valence-electron chi connectivity index (χ3n) is 3.54. The minimum absolute atomic E-state index is 0.121. The van der Waals surface area contributed by atoms with Gasteiger partial charge in [-0.25, -0.2) is 0 Å². The zero-order chi connectivity index (χ0) is 14.3. The first kappa shape index (κ1) is 16.4. The molecule has 0 aromatic rings. The molecule has 5 heteroatoms. The van der Waals surface area contributed by atoms with E-state index in [0.717, 1.165) is 30.5 Å². The number of nitrogens with zero attached hydrogens (tertiary/aromatic N) is 1. The Morgan fingerprint density at radius 1 is 1.42 bits per heavy atom. The lowest BCUT2D eigenvalue weighted by Crippen LogP contribution is -2.55. The van der Waals surface area contributed by atoms with Crippen LogP contribution in [0.25, 0.3) is 0 Å². The van der Waals surface area contributed by atoms with Gasteiger partial charge in [0, 0.05) is 0 Å². The lowest BCUT2D eigenvalue weighted by Gasteiger charge is -2.38. The molecule has 0 amide bonds. The molecule has 112 valence electrons. The van der Waals surface area contributed by atoms with E-state index in [2.05, 4.69) is 6.92 Å². The molecule has 2 unspecified atom stereocenters. The molecule has 1 aliphatic heterocycles. The van der Waals surface area contributed by atoms with Gasteiger partial charge in [0.05, 0.1) is 32.2 Å². The summed E-state index contributed by atoms with van der Waals surface area (Å²) in [6, 6.07) is 0. The molecule has 0 radical (unpaired) electrons. The second kappa shape index (κ2) is 7.82. The molecule has 19 heavy (non-hydrogen) atoms. The molecule has 5 nitrogen and oxygen atoms in total. The number of esters is 1. The van der Waals surface area contributed by atoms with Crippen LogP contribution in [0.5, 0.6) is 0 Å². The number of carbonyl (C=O) groups excluding carboxylic acids is 1. The number of aliphatic hydroxyl groups is 1. The Balaban J connectivity index is 2.56. The fourth-order valence-corrected chi connectivity index (χ4v) is 2.64. The van der Waals surface area contributed by atoms with E-state index in [-0.39, 0.29) is 12.1 Å². The number of ether oxygens (including phenoxy) is 2. The first-order chi connectivity index (χ1) is 8.97. The van der Waals surface area contributed by atoms with Crippen molar-refractivity contribution in [2.45, 2.75) is 45.8 Å². The highest BCUT2D eigenvalue weighted by molar-refractivity contribution is 5.69. The number of hydrogen-bond donors (Lipinski definition) is 1. The quantitative estimate of drug-likeness (QED) is 0.555. The molecule has 1 N–H and O–H groups in total. The van der Waals surface area contributed by atoms with Gasteiger partial charge in [-0.2, -0.15) is 0 Å². The highest BCUT2D eigenvalue weighted by atomic mass is 16.5. The topological polar surface area (TPSA) is 55.8 Å².